The molecule has 2 N–H and O–H groups in total. The van der Waals surface area contributed by atoms with Crippen LogP contribution in [-0.4, -0.2) is 32.7 Å². The van der Waals surface area contributed by atoms with E-state index in [1.54, 1.807) is 13.2 Å². The Morgan fingerprint density at radius 2 is 2.25 bits per heavy atom. The van der Waals surface area contributed by atoms with Gasteiger partial charge in [0, 0.05) is 13.1 Å². The minimum atomic E-state index is -0.0697. The minimum absolute atomic E-state index is 0. The number of carbonyl (C=O) groups excluding carboxylic acids is 1. The molecular formula is C10H17ClN2O2S. The van der Waals surface area contributed by atoms with Crippen molar-refractivity contribution < 1.29 is 9.53 Å². The van der Waals surface area contributed by atoms with Gasteiger partial charge in [0.15, 0.2) is 0 Å². The van der Waals surface area contributed by atoms with E-state index in [0.29, 0.717) is 17.2 Å². The Morgan fingerprint density at radius 1 is 1.50 bits per heavy atom. The molecule has 0 saturated heterocycles. The van der Waals surface area contributed by atoms with E-state index < -0.39 is 0 Å². The van der Waals surface area contributed by atoms with E-state index in [9.17, 15) is 4.79 Å². The molecule has 6 heteroatoms. The van der Waals surface area contributed by atoms with Crippen molar-refractivity contribution in [1.29, 1.82) is 0 Å². The van der Waals surface area contributed by atoms with Crippen LogP contribution < -0.4 is 15.4 Å². The third-order valence-corrected chi connectivity index (χ3v) is 2.79. The number of carbonyl (C=O) groups is 1. The Kier molecular flexibility index (Phi) is 7.97. The predicted octanol–water partition coefficient (Wildman–Crippen LogP) is 1.52. The first-order valence-electron chi connectivity index (χ1n) is 4.90. The van der Waals surface area contributed by atoms with Gasteiger partial charge in [-0.05, 0) is 18.0 Å². The Hall–Kier alpha value is -0.780. The smallest absolute Gasteiger partial charge is 0.265 e. The van der Waals surface area contributed by atoms with Crippen LogP contribution in [0, 0.1) is 0 Å². The molecule has 4 nitrogen and oxygen atoms in total. The van der Waals surface area contributed by atoms with E-state index in [1.807, 2.05) is 12.3 Å². The molecule has 0 fully saturated rings. The van der Waals surface area contributed by atoms with Crippen LogP contribution in [0.5, 0.6) is 5.75 Å². The van der Waals surface area contributed by atoms with Crippen LogP contribution in [-0.2, 0) is 0 Å². The summed E-state index contributed by atoms with van der Waals surface area (Å²) in [6.07, 6.45) is 0. The van der Waals surface area contributed by atoms with E-state index in [1.165, 1.54) is 11.3 Å². The molecule has 0 bridgehead atoms. The fraction of sp³-hybridized carbons (Fsp3) is 0.500. The molecule has 0 atom stereocenters. The molecule has 0 spiro atoms. The van der Waals surface area contributed by atoms with Crippen molar-refractivity contribution in [2.45, 2.75) is 6.92 Å². The number of methoxy groups -OCH3 is 1. The van der Waals surface area contributed by atoms with Gasteiger partial charge in [-0.1, -0.05) is 6.92 Å². The van der Waals surface area contributed by atoms with Crippen molar-refractivity contribution in [3.05, 3.63) is 16.3 Å². The van der Waals surface area contributed by atoms with Gasteiger partial charge in [0.05, 0.1) is 7.11 Å². The molecule has 0 aliphatic rings. The molecule has 16 heavy (non-hydrogen) atoms. The number of halogens is 1. The Balaban J connectivity index is 0.00000225. The van der Waals surface area contributed by atoms with Gasteiger partial charge in [-0.25, -0.2) is 0 Å². The molecule has 1 aromatic rings. The third-order valence-electron chi connectivity index (χ3n) is 1.89. The summed E-state index contributed by atoms with van der Waals surface area (Å²) in [6, 6.07) is 1.80. The number of thiophene rings is 1. The van der Waals surface area contributed by atoms with Gasteiger partial charge in [-0.15, -0.1) is 23.7 Å². The van der Waals surface area contributed by atoms with Crippen molar-refractivity contribution in [1.82, 2.24) is 10.6 Å². The topological polar surface area (TPSA) is 50.4 Å². The number of hydrogen-bond acceptors (Lipinski definition) is 4. The third kappa shape index (κ3) is 4.38. The number of likely N-dealkylation sites (N-methyl/N-ethyl adjacent to an activating group) is 1. The summed E-state index contributed by atoms with van der Waals surface area (Å²) >= 11 is 1.39. The first kappa shape index (κ1) is 15.2. The molecule has 0 unspecified atom stereocenters. The van der Waals surface area contributed by atoms with Gasteiger partial charge in [0.25, 0.3) is 5.91 Å². The van der Waals surface area contributed by atoms with Crippen LogP contribution in [0.4, 0.5) is 0 Å². The zero-order valence-electron chi connectivity index (χ0n) is 9.41. The molecule has 0 radical (unpaired) electrons. The largest absolute Gasteiger partial charge is 0.495 e. The number of nitrogens with one attached hydrogen (secondary N) is 2. The van der Waals surface area contributed by atoms with Crippen molar-refractivity contribution in [2.75, 3.05) is 26.7 Å². The normalized spacial score (nSPS) is 9.38. The quantitative estimate of drug-likeness (QED) is 0.766. The molecule has 0 saturated carbocycles. The van der Waals surface area contributed by atoms with Crippen molar-refractivity contribution in [3.63, 3.8) is 0 Å². The lowest BCUT2D eigenvalue weighted by molar-refractivity contribution is 0.0955. The average molecular weight is 265 g/mol. The second-order valence-corrected chi connectivity index (χ2v) is 3.84. The Morgan fingerprint density at radius 3 is 2.88 bits per heavy atom. The SMILES string of the molecule is CCNCCNC(=O)c1sccc1OC.Cl. The molecule has 0 aromatic carbocycles. The maximum atomic E-state index is 11.6. The number of hydrogen-bond donors (Lipinski definition) is 2. The molecule has 0 aliphatic carbocycles. The summed E-state index contributed by atoms with van der Waals surface area (Å²) in [5.41, 5.74) is 0. The predicted molar refractivity (Wildman–Crippen MR) is 69.0 cm³/mol. The molecule has 1 rings (SSSR count). The standard InChI is InChI=1S/C10H16N2O2S.ClH/c1-3-11-5-6-12-10(13)9-8(14-2)4-7-15-9;/h4,7,11H,3,5-6H2,1-2H3,(H,12,13);1H. The van der Waals surface area contributed by atoms with Crippen LogP contribution in [0.25, 0.3) is 0 Å². The van der Waals surface area contributed by atoms with Gasteiger partial charge in [-0.3, -0.25) is 4.79 Å². The summed E-state index contributed by atoms with van der Waals surface area (Å²) in [6.45, 7) is 4.37. The molecule has 0 aliphatic heterocycles. The molecule has 1 amide bonds. The van der Waals surface area contributed by atoms with Crippen molar-refractivity contribution in [3.8, 4) is 5.75 Å². The Bertz CT molecular complexity index is 318. The number of ether oxygens (including phenoxy) is 1. The zero-order valence-corrected chi connectivity index (χ0v) is 11.0. The van der Waals surface area contributed by atoms with Gasteiger partial charge in [0.2, 0.25) is 0 Å². The lowest BCUT2D eigenvalue weighted by Gasteiger charge is -2.05. The number of rotatable bonds is 6. The van der Waals surface area contributed by atoms with E-state index in [0.717, 1.165) is 13.1 Å². The molecule has 1 aromatic heterocycles. The summed E-state index contributed by atoms with van der Waals surface area (Å²) in [7, 11) is 1.57. The second-order valence-electron chi connectivity index (χ2n) is 2.93. The van der Waals surface area contributed by atoms with Crippen LogP contribution in [0.2, 0.25) is 0 Å². The highest BCUT2D eigenvalue weighted by molar-refractivity contribution is 7.12. The Labute approximate surface area is 106 Å². The van der Waals surface area contributed by atoms with Gasteiger partial charge in [-0.2, -0.15) is 0 Å². The summed E-state index contributed by atoms with van der Waals surface area (Å²) in [5, 5.41) is 7.80. The first-order valence-corrected chi connectivity index (χ1v) is 5.78. The van der Waals surface area contributed by atoms with Crippen LogP contribution >= 0.6 is 23.7 Å². The lowest BCUT2D eigenvalue weighted by Crippen LogP contribution is -2.31. The second kappa shape index (κ2) is 8.38. The van der Waals surface area contributed by atoms with Crippen molar-refractivity contribution in [2.24, 2.45) is 0 Å². The van der Waals surface area contributed by atoms with Crippen LogP contribution in [0.15, 0.2) is 11.4 Å². The van der Waals surface area contributed by atoms with Gasteiger partial charge >= 0.3 is 0 Å². The molecular weight excluding hydrogens is 248 g/mol. The van der Waals surface area contributed by atoms with Crippen LogP contribution in [0.3, 0.4) is 0 Å². The summed E-state index contributed by atoms with van der Waals surface area (Å²) in [5.74, 6) is 0.570. The van der Waals surface area contributed by atoms with E-state index in [-0.39, 0.29) is 18.3 Å². The van der Waals surface area contributed by atoms with E-state index in [4.69, 9.17) is 4.74 Å². The van der Waals surface area contributed by atoms with Crippen LogP contribution in [0.1, 0.15) is 16.6 Å². The monoisotopic (exact) mass is 264 g/mol. The fourth-order valence-electron chi connectivity index (χ4n) is 1.15. The first-order chi connectivity index (χ1) is 7.29. The highest BCUT2D eigenvalue weighted by Gasteiger charge is 2.12. The minimum Gasteiger partial charge on any atom is -0.495 e. The maximum Gasteiger partial charge on any atom is 0.265 e. The lowest BCUT2D eigenvalue weighted by atomic mass is 10.4. The van der Waals surface area contributed by atoms with Crippen molar-refractivity contribution >= 4 is 29.7 Å². The average Bonchev–Trinajstić information content (AvgIpc) is 2.72. The molecule has 92 valence electrons. The van der Waals surface area contributed by atoms with E-state index in [2.05, 4.69) is 10.6 Å². The summed E-state index contributed by atoms with van der Waals surface area (Å²) in [4.78, 5) is 12.3. The highest BCUT2D eigenvalue weighted by Crippen LogP contribution is 2.23. The maximum absolute atomic E-state index is 11.6. The van der Waals surface area contributed by atoms with Gasteiger partial charge in [0.1, 0.15) is 10.6 Å². The summed E-state index contributed by atoms with van der Waals surface area (Å²) < 4.78 is 5.07. The fourth-order valence-corrected chi connectivity index (χ4v) is 1.92. The molecule has 1 heterocycles. The zero-order chi connectivity index (χ0) is 11.1. The van der Waals surface area contributed by atoms with Gasteiger partial charge < -0.3 is 15.4 Å². The van der Waals surface area contributed by atoms with E-state index >= 15 is 0 Å². The number of amides is 1. The highest BCUT2D eigenvalue weighted by atomic mass is 35.5.